The molecule has 0 aliphatic rings. The first kappa shape index (κ1) is 27.5. The number of carbonyl (C=O) groups excluding carboxylic acids is 1. The van der Waals surface area contributed by atoms with Crippen LogP contribution in [0.1, 0.15) is 44.0 Å². The topological polar surface area (TPSA) is 73.8 Å². The lowest BCUT2D eigenvalue weighted by Crippen LogP contribution is -2.38. The van der Waals surface area contributed by atoms with Gasteiger partial charge < -0.3 is 4.90 Å². The summed E-state index contributed by atoms with van der Waals surface area (Å²) < 4.78 is 28.0. The van der Waals surface area contributed by atoms with Crippen molar-refractivity contribution in [1.29, 1.82) is 0 Å². The summed E-state index contributed by atoms with van der Waals surface area (Å²) in [6, 6.07) is 11.7. The Morgan fingerprint density at radius 3 is 2.31 bits per heavy atom. The number of sulfonamides is 1. The number of likely N-dealkylation sites (N-methyl/N-ethyl adjacent to an activating group) is 1. The van der Waals surface area contributed by atoms with Crippen LogP contribution in [0.15, 0.2) is 47.4 Å². The minimum absolute atomic E-state index is 0.178. The highest BCUT2D eigenvalue weighted by molar-refractivity contribution is 7.89. The fourth-order valence-electron chi connectivity index (χ4n) is 3.67. The number of nitrogens with zero attached hydrogens (tertiary/aromatic N) is 4. The third kappa shape index (κ3) is 6.59. The highest BCUT2D eigenvalue weighted by Crippen LogP contribution is 2.31. The zero-order chi connectivity index (χ0) is 25.6. The van der Waals surface area contributed by atoms with Gasteiger partial charge in [-0.25, -0.2) is 17.7 Å². The molecule has 3 aromatic rings. The molecule has 0 N–H and O–H groups in total. The Balaban J connectivity index is 1.90. The van der Waals surface area contributed by atoms with E-state index in [2.05, 4.69) is 23.7 Å². The number of thiazole rings is 1. The average Bonchev–Trinajstić information content (AvgIpc) is 3.27. The standard InChI is InChI=1S/C25H33ClN4O3S2/c1-5-8-15-28(4)35(32,33)21-12-9-19(10-13-21)24(31)30(17-16-29(6-2)7-3)25-27-22-14-11-20(26)18-23(22)34-25/h9-14,18H,5-8,15-17H2,1-4H3. The number of unbranched alkanes of at least 4 members (excludes halogenated alkanes) is 1. The van der Waals surface area contributed by atoms with E-state index in [1.807, 2.05) is 19.1 Å². The van der Waals surface area contributed by atoms with Gasteiger partial charge in [-0.05, 0) is 62.0 Å². The Morgan fingerprint density at radius 1 is 1.00 bits per heavy atom. The number of fused-ring (bicyclic) bond motifs is 1. The first-order valence-corrected chi connectivity index (χ1v) is 14.5. The van der Waals surface area contributed by atoms with Gasteiger partial charge in [-0.1, -0.05) is 50.1 Å². The molecule has 0 fully saturated rings. The summed E-state index contributed by atoms with van der Waals surface area (Å²) in [6.45, 7) is 9.58. The molecule has 0 saturated carbocycles. The van der Waals surface area contributed by atoms with Gasteiger partial charge in [0.2, 0.25) is 10.0 Å². The van der Waals surface area contributed by atoms with Gasteiger partial charge in [0.15, 0.2) is 5.13 Å². The summed E-state index contributed by atoms with van der Waals surface area (Å²) in [5.74, 6) is -0.217. The zero-order valence-corrected chi connectivity index (χ0v) is 23.1. The monoisotopic (exact) mass is 536 g/mol. The van der Waals surface area contributed by atoms with E-state index in [9.17, 15) is 13.2 Å². The van der Waals surface area contributed by atoms with Gasteiger partial charge in [0.1, 0.15) is 0 Å². The van der Waals surface area contributed by atoms with Crippen LogP contribution < -0.4 is 4.90 Å². The van der Waals surface area contributed by atoms with Crippen molar-refractivity contribution in [2.24, 2.45) is 0 Å². The van der Waals surface area contributed by atoms with Gasteiger partial charge in [-0.3, -0.25) is 9.69 Å². The van der Waals surface area contributed by atoms with Crippen LogP contribution in [0.25, 0.3) is 10.2 Å². The smallest absolute Gasteiger partial charge is 0.260 e. The van der Waals surface area contributed by atoms with Crippen molar-refractivity contribution < 1.29 is 13.2 Å². The van der Waals surface area contributed by atoms with E-state index in [0.717, 1.165) is 36.1 Å². The van der Waals surface area contributed by atoms with Crippen molar-refractivity contribution in [3.8, 4) is 0 Å². The molecule has 1 heterocycles. The molecule has 0 atom stereocenters. The van der Waals surface area contributed by atoms with E-state index in [0.29, 0.717) is 35.4 Å². The number of hydrogen-bond donors (Lipinski definition) is 0. The molecule has 1 amide bonds. The maximum Gasteiger partial charge on any atom is 0.260 e. The van der Waals surface area contributed by atoms with Crippen LogP contribution in [0.5, 0.6) is 0 Å². The molecular weight excluding hydrogens is 504 g/mol. The second kappa shape index (κ2) is 12.3. The molecule has 0 aliphatic heterocycles. The lowest BCUT2D eigenvalue weighted by atomic mass is 10.2. The molecular formula is C25H33ClN4O3S2. The summed E-state index contributed by atoms with van der Waals surface area (Å²) in [5.41, 5.74) is 1.20. The van der Waals surface area contributed by atoms with Crippen molar-refractivity contribution in [1.82, 2.24) is 14.2 Å². The zero-order valence-electron chi connectivity index (χ0n) is 20.7. The first-order chi connectivity index (χ1) is 16.7. The number of amides is 1. The third-order valence-electron chi connectivity index (χ3n) is 5.99. The van der Waals surface area contributed by atoms with Gasteiger partial charge in [0.05, 0.1) is 15.1 Å². The largest absolute Gasteiger partial charge is 0.302 e. The molecule has 0 saturated heterocycles. The van der Waals surface area contributed by atoms with Crippen LogP contribution in [-0.4, -0.2) is 68.3 Å². The quantitative estimate of drug-likeness (QED) is 0.311. The minimum Gasteiger partial charge on any atom is -0.302 e. The fourth-order valence-corrected chi connectivity index (χ4v) is 6.15. The SMILES string of the molecule is CCCCN(C)S(=O)(=O)c1ccc(C(=O)N(CCN(CC)CC)c2nc3ccc(Cl)cc3s2)cc1. The van der Waals surface area contributed by atoms with Crippen LogP contribution in [-0.2, 0) is 10.0 Å². The highest BCUT2D eigenvalue weighted by Gasteiger charge is 2.24. The second-order valence-corrected chi connectivity index (χ2v) is 11.8. The predicted octanol–water partition coefficient (Wildman–Crippen LogP) is 5.36. The molecule has 7 nitrogen and oxygen atoms in total. The molecule has 1 aromatic heterocycles. The number of rotatable bonds is 12. The van der Waals surface area contributed by atoms with Crippen molar-refractivity contribution in [3.63, 3.8) is 0 Å². The minimum atomic E-state index is -3.60. The van der Waals surface area contributed by atoms with Gasteiger partial charge >= 0.3 is 0 Å². The van der Waals surface area contributed by atoms with Crippen molar-refractivity contribution in [3.05, 3.63) is 53.1 Å². The van der Waals surface area contributed by atoms with Crippen LogP contribution in [0.2, 0.25) is 5.02 Å². The Hall–Kier alpha value is -2.04. The average molecular weight is 537 g/mol. The number of benzene rings is 2. The van der Waals surface area contributed by atoms with Crippen LogP contribution in [0.3, 0.4) is 0 Å². The number of anilines is 1. The normalized spacial score (nSPS) is 12.1. The molecule has 0 spiro atoms. The molecule has 0 bridgehead atoms. The summed E-state index contributed by atoms with van der Waals surface area (Å²) in [7, 11) is -2.02. The second-order valence-electron chi connectivity index (χ2n) is 8.30. The number of hydrogen-bond acceptors (Lipinski definition) is 6. The lowest BCUT2D eigenvalue weighted by molar-refractivity contribution is 0.0983. The van der Waals surface area contributed by atoms with Crippen molar-refractivity contribution in [2.45, 2.75) is 38.5 Å². The molecule has 0 unspecified atom stereocenters. The highest BCUT2D eigenvalue weighted by atomic mass is 35.5. The molecule has 10 heteroatoms. The molecule has 2 aromatic carbocycles. The number of carbonyl (C=O) groups is 1. The molecule has 0 aliphatic carbocycles. The van der Waals surface area contributed by atoms with E-state index in [1.54, 1.807) is 30.1 Å². The molecule has 0 radical (unpaired) electrons. The van der Waals surface area contributed by atoms with Gasteiger partial charge in [0, 0.05) is 37.3 Å². The number of halogens is 1. The van der Waals surface area contributed by atoms with E-state index in [4.69, 9.17) is 11.6 Å². The van der Waals surface area contributed by atoms with E-state index in [1.165, 1.54) is 27.8 Å². The molecule has 190 valence electrons. The fraction of sp³-hybridized carbons (Fsp3) is 0.440. The van der Waals surface area contributed by atoms with E-state index < -0.39 is 10.0 Å². The van der Waals surface area contributed by atoms with Crippen LogP contribution in [0.4, 0.5) is 5.13 Å². The molecule has 3 rings (SSSR count). The lowest BCUT2D eigenvalue weighted by Gasteiger charge is -2.25. The third-order valence-corrected chi connectivity index (χ3v) is 9.13. The van der Waals surface area contributed by atoms with Crippen molar-refractivity contribution in [2.75, 3.05) is 44.7 Å². The van der Waals surface area contributed by atoms with Gasteiger partial charge in [-0.2, -0.15) is 0 Å². The predicted molar refractivity (Wildman–Crippen MR) is 145 cm³/mol. The maximum absolute atomic E-state index is 13.6. The van der Waals surface area contributed by atoms with Gasteiger partial charge in [-0.15, -0.1) is 0 Å². The van der Waals surface area contributed by atoms with E-state index in [-0.39, 0.29) is 10.8 Å². The summed E-state index contributed by atoms with van der Waals surface area (Å²) in [6.07, 6.45) is 1.70. The van der Waals surface area contributed by atoms with Crippen LogP contribution in [0, 0.1) is 0 Å². The Bertz CT molecular complexity index is 1240. The van der Waals surface area contributed by atoms with Crippen molar-refractivity contribution >= 4 is 54.2 Å². The van der Waals surface area contributed by atoms with Gasteiger partial charge in [0.25, 0.3) is 5.91 Å². The van der Waals surface area contributed by atoms with Crippen LogP contribution >= 0.6 is 22.9 Å². The Labute approximate surface area is 217 Å². The maximum atomic E-state index is 13.6. The Morgan fingerprint density at radius 2 is 1.69 bits per heavy atom. The summed E-state index contributed by atoms with van der Waals surface area (Å²) in [5, 5.41) is 1.21. The van der Waals surface area contributed by atoms with E-state index >= 15 is 0 Å². The molecule has 35 heavy (non-hydrogen) atoms. The Kier molecular flexibility index (Phi) is 9.66. The summed E-state index contributed by atoms with van der Waals surface area (Å²) in [4.78, 5) is 22.4. The first-order valence-electron chi connectivity index (χ1n) is 11.9. The number of aromatic nitrogens is 1. The summed E-state index contributed by atoms with van der Waals surface area (Å²) >= 11 is 7.56.